The predicted octanol–water partition coefficient (Wildman–Crippen LogP) is 12.6. The number of hydrogen-bond acceptors (Lipinski definition) is 4. The van der Waals surface area contributed by atoms with Crippen molar-refractivity contribution in [1.29, 1.82) is 0 Å². The smallest absolute Gasteiger partial charge is 0.194 e. The van der Waals surface area contributed by atoms with Gasteiger partial charge in [-0.3, -0.25) is 19.2 Å². The highest BCUT2D eigenvalue weighted by Crippen LogP contribution is 2.51. The normalized spacial score (nSPS) is 13.2. The lowest BCUT2D eigenvalue weighted by Gasteiger charge is -2.25. The van der Waals surface area contributed by atoms with Gasteiger partial charge in [0.25, 0.3) is 0 Å². The standard InChI is InChI=1S/C34H16O2.C22H10O2/c35-33-25-7-3-1-5-17(25)19-9-11-21-24-14-16-28-32-20(18-6-2-4-8-26(18)34(28)36)10-12-22(30(24)32)23-13-15-27(33)31(19)29(21)23;23-21-13-5-1-3-11-7-9-16-19(17(11)13)20-15(21)10-8-12-4-2-6-14(18(12)20)22(16)24/h1-16H;1-10H. The lowest BCUT2D eigenvalue weighted by atomic mass is 9.77. The van der Waals surface area contributed by atoms with Crippen molar-refractivity contribution in [3.63, 3.8) is 0 Å². The third-order valence-electron chi connectivity index (χ3n) is 13.6. The SMILES string of the molecule is O=C1c2ccccc2-c2ccc3c4ccc5c6c(ccc(c7ccc1c2c73)c64)-c1ccccc1C5=O.O=c1c2ccc3cccc4c(=O)c5ccc6cccc1c6c5-c2c34. The van der Waals surface area contributed by atoms with Crippen LogP contribution in [0.15, 0.2) is 167 Å². The van der Waals surface area contributed by atoms with Crippen LogP contribution in [0.4, 0.5) is 0 Å². The molecule has 60 heavy (non-hydrogen) atoms. The second kappa shape index (κ2) is 10.9. The minimum atomic E-state index is 0.0475. The number of carbonyl (C=O) groups is 2. The third-order valence-corrected chi connectivity index (χ3v) is 13.6. The van der Waals surface area contributed by atoms with Crippen molar-refractivity contribution in [1.82, 2.24) is 0 Å². The summed E-state index contributed by atoms with van der Waals surface area (Å²) in [6.07, 6.45) is 0. The quantitative estimate of drug-likeness (QED) is 0.114. The molecule has 0 radical (unpaired) electrons. The summed E-state index contributed by atoms with van der Waals surface area (Å²) >= 11 is 0. The summed E-state index contributed by atoms with van der Waals surface area (Å²) in [7, 11) is 0. The summed E-state index contributed by atoms with van der Waals surface area (Å²) in [5.41, 5.74) is 9.24. The molecular weight excluding hydrogens is 737 g/mol. The van der Waals surface area contributed by atoms with Crippen LogP contribution in [0.5, 0.6) is 0 Å². The van der Waals surface area contributed by atoms with E-state index in [4.69, 9.17) is 0 Å². The van der Waals surface area contributed by atoms with Gasteiger partial charge < -0.3 is 0 Å². The van der Waals surface area contributed by atoms with E-state index in [1.165, 1.54) is 0 Å². The number of benzene rings is 13. The van der Waals surface area contributed by atoms with Crippen molar-refractivity contribution in [3.05, 3.63) is 200 Å². The Morgan fingerprint density at radius 2 is 0.583 bits per heavy atom. The molecule has 0 unspecified atom stereocenters. The largest absolute Gasteiger partial charge is 0.289 e. The zero-order valence-corrected chi connectivity index (χ0v) is 31.6. The molecule has 11 aromatic rings. The average Bonchev–Trinajstić information content (AvgIpc) is 3.30. The minimum Gasteiger partial charge on any atom is -0.289 e. The molecule has 0 fully saturated rings. The van der Waals surface area contributed by atoms with E-state index in [0.717, 1.165) is 120 Å². The summed E-state index contributed by atoms with van der Waals surface area (Å²) in [6.45, 7) is 0. The Bertz CT molecular complexity index is 3900. The van der Waals surface area contributed by atoms with Gasteiger partial charge in [-0.25, -0.2) is 0 Å². The molecule has 0 aliphatic heterocycles. The molecule has 4 nitrogen and oxygen atoms in total. The fourth-order valence-electron chi connectivity index (χ4n) is 11.2. The summed E-state index contributed by atoms with van der Waals surface area (Å²) in [4.78, 5) is 53.2. The molecule has 274 valence electrons. The Labute approximate surface area is 339 Å². The number of ketones is 2. The monoisotopic (exact) mass is 762 g/mol. The fraction of sp³-hybridized carbons (Fsp3) is 0. The van der Waals surface area contributed by atoms with Crippen LogP contribution in [-0.4, -0.2) is 11.6 Å². The molecule has 4 aliphatic carbocycles. The first kappa shape index (κ1) is 31.9. The highest BCUT2D eigenvalue weighted by atomic mass is 16.1. The van der Waals surface area contributed by atoms with Gasteiger partial charge in [0.05, 0.1) is 0 Å². The molecule has 0 saturated carbocycles. The second-order valence-corrected chi connectivity index (χ2v) is 16.3. The van der Waals surface area contributed by atoms with Crippen LogP contribution in [0.3, 0.4) is 0 Å². The summed E-state index contributed by atoms with van der Waals surface area (Å²) in [6, 6.07) is 51.9. The second-order valence-electron chi connectivity index (χ2n) is 16.3. The topological polar surface area (TPSA) is 68.3 Å². The maximum absolute atomic E-state index is 13.5. The first-order chi connectivity index (χ1) is 29.5. The van der Waals surface area contributed by atoms with Crippen LogP contribution < -0.4 is 10.9 Å². The Kier molecular flexibility index (Phi) is 5.80. The van der Waals surface area contributed by atoms with Gasteiger partial charge in [-0.15, -0.1) is 0 Å². The van der Waals surface area contributed by atoms with Gasteiger partial charge >= 0.3 is 0 Å². The van der Waals surface area contributed by atoms with Crippen LogP contribution in [0, 0.1) is 0 Å². The predicted molar refractivity (Wildman–Crippen MR) is 245 cm³/mol. The molecule has 4 aliphatic rings. The van der Waals surface area contributed by atoms with E-state index < -0.39 is 0 Å². The lowest BCUT2D eigenvalue weighted by Crippen LogP contribution is -2.12. The van der Waals surface area contributed by atoms with Crippen molar-refractivity contribution >= 4 is 97.7 Å². The van der Waals surface area contributed by atoms with Gasteiger partial charge in [0.2, 0.25) is 0 Å². The van der Waals surface area contributed by atoms with Crippen molar-refractivity contribution in [2.45, 2.75) is 0 Å². The van der Waals surface area contributed by atoms with Gasteiger partial charge in [-0.2, -0.15) is 0 Å². The number of carbonyl (C=O) groups excluding carboxylic acids is 2. The highest BCUT2D eigenvalue weighted by molar-refractivity contribution is 6.41. The van der Waals surface area contributed by atoms with E-state index in [-0.39, 0.29) is 22.4 Å². The first-order valence-electron chi connectivity index (χ1n) is 20.2. The molecule has 0 N–H and O–H groups in total. The van der Waals surface area contributed by atoms with Gasteiger partial charge in [0, 0.05) is 76.5 Å². The van der Waals surface area contributed by atoms with Crippen LogP contribution in [0.25, 0.3) is 120 Å². The Hall–Kier alpha value is -8.08. The maximum Gasteiger partial charge on any atom is 0.194 e. The molecule has 11 aromatic carbocycles. The molecule has 0 atom stereocenters. The van der Waals surface area contributed by atoms with E-state index in [0.29, 0.717) is 21.5 Å². The molecule has 4 heteroatoms. The van der Waals surface area contributed by atoms with E-state index in [2.05, 4.69) is 36.4 Å². The molecule has 0 heterocycles. The maximum atomic E-state index is 13.5. The molecular formula is C56H26O4. The van der Waals surface area contributed by atoms with E-state index >= 15 is 0 Å². The zero-order chi connectivity index (χ0) is 39.7. The highest BCUT2D eigenvalue weighted by Gasteiger charge is 2.31. The minimum absolute atomic E-state index is 0.0475. The lowest BCUT2D eigenvalue weighted by molar-refractivity contribution is 0.103. The molecule has 0 aromatic heterocycles. The molecule has 0 spiro atoms. The van der Waals surface area contributed by atoms with Crippen molar-refractivity contribution < 1.29 is 9.59 Å². The molecule has 0 saturated heterocycles. The Morgan fingerprint density at radius 3 is 1.00 bits per heavy atom. The zero-order valence-electron chi connectivity index (χ0n) is 31.6. The Balaban J connectivity index is 0.000000128. The van der Waals surface area contributed by atoms with Crippen LogP contribution in [-0.2, 0) is 0 Å². The average molecular weight is 763 g/mol. The molecule has 15 rings (SSSR count). The van der Waals surface area contributed by atoms with Gasteiger partial charge in [-0.05, 0) is 89.6 Å². The summed E-state index contributed by atoms with van der Waals surface area (Å²) in [5, 5.41) is 15.5. The van der Waals surface area contributed by atoms with E-state index in [9.17, 15) is 19.2 Å². The number of hydrogen-bond donors (Lipinski definition) is 0. The van der Waals surface area contributed by atoms with Crippen LogP contribution in [0.1, 0.15) is 31.8 Å². The van der Waals surface area contributed by atoms with Gasteiger partial charge in [0.1, 0.15) is 0 Å². The van der Waals surface area contributed by atoms with Gasteiger partial charge in [-0.1, -0.05) is 133 Å². The summed E-state index contributed by atoms with van der Waals surface area (Å²) < 4.78 is 0. The fourth-order valence-corrected chi connectivity index (χ4v) is 11.2. The van der Waals surface area contributed by atoms with Crippen molar-refractivity contribution in [2.75, 3.05) is 0 Å². The summed E-state index contributed by atoms with van der Waals surface area (Å²) in [5.74, 6) is 0.167. The van der Waals surface area contributed by atoms with E-state index in [1.807, 2.05) is 121 Å². The van der Waals surface area contributed by atoms with Crippen molar-refractivity contribution in [3.8, 4) is 33.4 Å². The third kappa shape index (κ3) is 3.69. The van der Waals surface area contributed by atoms with E-state index in [1.54, 1.807) is 0 Å². The van der Waals surface area contributed by atoms with Gasteiger partial charge in [0.15, 0.2) is 22.4 Å². The number of fused-ring (bicyclic) bond motifs is 6. The van der Waals surface area contributed by atoms with Crippen LogP contribution in [0.2, 0.25) is 0 Å². The first-order valence-corrected chi connectivity index (χ1v) is 20.2. The number of rotatable bonds is 0. The molecule has 0 bridgehead atoms. The van der Waals surface area contributed by atoms with Crippen LogP contribution >= 0.6 is 0 Å². The van der Waals surface area contributed by atoms with Crippen molar-refractivity contribution in [2.24, 2.45) is 0 Å². The molecule has 0 amide bonds. The Morgan fingerprint density at radius 1 is 0.217 bits per heavy atom.